The largest absolute Gasteiger partial charge is 0.351 e. The van der Waals surface area contributed by atoms with Gasteiger partial charge in [-0.1, -0.05) is 30.3 Å². The van der Waals surface area contributed by atoms with Crippen molar-refractivity contribution in [3.8, 4) is 11.3 Å². The Labute approximate surface area is 165 Å². The second-order valence-corrected chi connectivity index (χ2v) is 7.60. The number of carbonyl (C=O) groups is 1. The average molecular weight is 392 g/mol. The molecule has 0 saturated heterocycles. The second kappa shape index (κ2) is 7.44. The number of hydrogen-bond donors (Lipinski definition) is 2. The van der Waals surface area contributed by atoms with Crippen LogP contribution in [-0.4, -0.2) is 20.3 Å². The molecule has 142 valence electrons. The second-order valence-electron chi connectivity index (χ2n) is 6.77. The van der Waals surface area contributed by atoms with Gasteiger partial charge < -0.3 is 10.3 Å². The van der Waals surface area contributed by atoms with E-state index in [-0.39, 0.29) is 24.4 Å². The summed E-state index contributed by atoms with van der Waals surface area (Å²) in [5, 5.41) is 4.80. The van der Waals surface area contributed by atoms with Gasteiger partial charge in [-0.3, -0.25) is 14.0 Å². The number of hydrogen-bond acceptors (Lipinski definition) is 4. The summed E-state index contributed by atoms with van der Waals surface area (Å²) in [7, 11) is 0. The van der Waals surface area contributed by atoms with E-state index in [2.05, 4.69) is 15.3 Å². The number of amides is 1. The summed E-state index contributed by atoms with van der Waals surface area (Å²) in [5.74, 6) is -0.131. The zero-order chi connectivity index (χ0) is 19.7. The van der Waals surface area contributed by atoms with E-state index >= 15 is 0 Å². The molecule has 4 aromatic rings. The lowest BCUT2D eigenvalue weighted by molar-refractivity contribution is -0.120. The number of aryl methyl sites for hydroxylation is 2. The van der Waals surface area contributed by atoms with Crippen LogP contribution in [0.15, 0.2) is 52.8 Å². The van der Waals surface area contributed by atoms with Crippen LogP contribution in [-0.2, 0) is 17.8 Å². The Kier molecular flexibility index (Phi) is 4.83. The van der Waals surface area contributed by atoms with Crippen molar-refractivity contribution in [1.29, 1.82) is 0 Å². The van der Waals surface area contributed by atoms with Gasteiger partial charge in [0.15, 0.2) is 4.96 Å². The Morgan fingerprint density at radius 3 is 2.79 bits per heavy atom. The van der Waals surface area contributed by atoms with E-state index in [0.29, 0.717) is 5.56 Å². The van der Waals surface area contributed by atoms with Crippen LogP contribution in [0.1, 0.15) is 22.5 Å². The summed E-state index contributed by atoms with van der Waals surface area (Å²) < 4.78 is 1.95. The van der Waals surface area contributed by atoms with Gasteiger partial charge in [0.05, 0.1) is 12.1 Å². The highest BCUT2D eigenvalue weighted by molar-refractivity contribution is 7.15. The molecule has 0 spiro atoms. The van der Waals surface area contributed by atoms with Gasteiger partial charge in [0.1, 0.15) is 0 Å². The van der Waals surface area contributed by atoms with E-state index in [1.807, 2.05) is 66.2 Å². The van der Waals surface area contributed by atoms with Crippen LogP contribution in [0.5, 0.6) is 0 Å². The van der Waals surface area contributed by atoms with Crippen LogP contribution < -0.4 is 10.9 Å². The maximum absolute atomic E-state index is 12.4. The fourth-order valence-corrected chi connectivity index (χ4v) is 4.09. The maximum atomic E-state index is 12.4. The standard InChI is InChI=1S/C21H20N4O2S/c1-13-8-14(2)23-20(27)17(13)10-22-19(26)9-16-12-28-21-24-18(11-25(16)21)15-6-4-3-5-7-15/h3-8,11-12H,9-10H2,1-2H3,(H,22,26)(H,23,27). The quantitative estimate of drug-likeness (QED) is 0.547. The summed E-state index contributed by atoms with van der Waals surface area (Å²) in [5.41, 5.74) is 4.93. The average Bonchev–Trinajstić information content (AvgIpc) is 3.23. The van der Waals surface area contributed by atoms with E-state index in [0.717, 1.165) is 33.2 Å². The van der Waals surface area contributed by atoms with Gasteiger partial charge in [0.2, 0.25) is 5.91 Å². The predicted molar refractivity (Wildman–Crippen MR) is 111 cm³/mol. The zero-order valence-corrected chi connectivity index (χ0v) is 16.5. The first kappa shape index (κ1) is 18.2. The first-order chi connectivity index (χ1) is 13.5. The third kappa shape index (κ3) is 3.61. The van der Waals surface area contributed by atoms with Gasteiger partial charge in [-0.25, -0.2) is 4.98 Å². The molecule has 0 saturated carbocycles. The van der Waals surface area contributed by atoms with Crippen LogP contribution in [0, 0.1) is 13.8 Å². The monoisotopic (exact) mass is 392 g/mol. The zero-order valence-electron chi connectivity index (χ0n) is 15.7. The summed E-state index contributed by atoms with van der Waals surface area (Å²) in [6.07, 6.45) is 2.19. The highest BCUT2D eigenvalue weighted by atomic mass is 32.1. The lowest BCUT2D eigenvalue weighted by atomic mass is 10.1. The lowest BCUT2D eigenvalue weighted by Gasteiger charge is -2.08. The van der Waals surface area contributed by atoms with Crippen LogP contribution in [0.3, 0.4) is 0 Å². The normalized spacial score (nSPS) is 11.1. The fraction of sp³-hybridized carbons (Fsp3) is 0.190. The van der Waals surface area contributed by atoms with Crippen molar-refractivity contribution in [2.24, 2.45) is 0 Å². The van der Waals surface area contributed by atoms with Gasteiger partial charge in [0.25, 0.3) is 5.56 Å². The minimum Gasteiger partial charge on any atom is -0.351 e. The number of rotatable bonds is 5. The number of benzene rings is 1. The van der Waals surface area contributed by atoms with Crippen molar-refractivity contribution < 1.29 is 4.79 Å². The van der Waals surface area contributed by atoms with Crippen molar-refractivity contribution in [2.75, 3.05) is 0 Å². The van der Waals surface area contributed by atoms with Gasteiger partial charge in [-0.05, 0) is 25.5 Å². The van der Waals surface area contributed by atoms with Crippen molar-refractivity contribution in [3.63, 3.8) is 0 Å². The smallest absolute Gasteiger partial charge is 0.253 e. The molecule has 0 aliphatic carbocycles. The molecule has 0 unspecified atom stereocenters. The van der Waals surface area contributed by atoms with Gasteiger partial charge in [-0.2, -0.15) is 0 Å². The van der Waals surface area contributed by atoms with Crippen LogP contribution in [0.2, 0.25) is 0 Å². The van der Waals surface area contributed by atoms with Crippen LogP contribution in [0.25, 0.3) is 16.2 Å². The van der Waals surface area contributed by atoms with E-state index in [9.17, 15) is 9.59 Å². The molecule has 3 heterocycles. The lowest BCUT2D eigenvalue weighted by Crippen LogP contribution is -2.29. The maximum Gasteiger partial charge on any atom is 0.253 e. The summed E-state index contributed by atoms with van der Waals surface area (Å²) in [4.78, 5) is 32.8. The topological polar surface area (TPSA) is 79.3 Å². The molecule has 0 atom stereocenters. The van der Waals surface area contributed by atoms with Crippen LogP contribution >= 0.6 is 11.3 Å². The minimum absolute atomic E-state index is 0.131. The molecule has 3 aromatic heterocycles. The predicted octanol–water partition coefficient (Wildman–Crippen LogP) is 3.23. The van der Waals surface area contributed by atoms with Gasteiger partial charge in [0, 0.05) is 40.6 Å². The van der Waals surface area contributed by atoms with E-state index in [1.165, 1.54) is 11.3 Å². The number of H-pyrrole nitrogens is 1. The first-order valence-electron chi connectivity index (χ1n) is 8.98. The molecule has 2 N–H and O–H groups in total. The molecule has 6 nitrogen and oxygen atoms in total. The van der Waals surface area contributed by atoms with E-state index in [4.69, 9.17) is 0 Å². The fourth-order valence-electron chi connectivity index (χ4n) is 3.22. The molecular weight excluding hydrogens is 372 g/mol. The Bertz CT molecular complexity index is 1200. The van der Waals surface area contributed by atoms with Crippen molar-refractivity contribution in [2.45, 2.75) is 26.8 Å². The number of nitrogens with zero attached hydrogens (tertiary/aromatic N) is 2. The minimum atomic E-state index is -0.155. The highest BCUT2D eigenvalue weighted by Crippen LogP contribution is 2.23. The number of pyridine rings is 1. The molecule has 0 fully saturated rings. The number of imidazole rings is 1. The van der Waals surface area contributed by atoms with Crippen LogP contribution in [0.4, 0.5) is 0 Å². The molecule has 0 radical (unpaired) electrons. The molecule has 7 heteroatoms. The number of aromatic nitrogens is 3. The molecule has 0 aliphatic rings. The molecule has 0 bridgehead atoms. The molecule has 1 amide bonds. The molecule has 0 aliphatic heterocycles. The highest BCUT2D eigenvalue weighted by Gasteiger charge is 2.13. The molecule has 28 heavy (non-hydrogen) atoms. The first-order valence-corrected chi connectivity index (χ1v) is 9.86. The summed E-state index contributed by atoms with van der Waals surface area (Å²) in [6.45, 7) is 3.93. The summed E-state index contributed by atoms with van der Waals surface area (Å²) >= 11 is 1.51. The summed E-state index contributed by atoms with van der Waals surface area (Å²) in [6, 6.07) is 11.9. The Morgan fingerprint density at radius 1 is 1.25 bits per heavy atom. The number of thiazole rings is 1. The number of nitrogens with one attached hydrogen (secondary N) is 2. The Hall–Kier alpha value is -3.19. The number of fused-ring (bicyclic) bond motifs is 1. The third-order valence-electron chi connectivity index (χ3n) is 4.65. The van der Waals surface area contributed by atoms with Gasteiger partial charge >= 0.3 is 0 Å². The SMILES string of the molecule is Cc1cc(C)c(CNC(=O)Cc2csc3nc(-c4ccccc4)cn23)c(=O)[nH]1. The van der Waals surface area contributed by atoms with E-state index in [1.54, 1.807) is 0 Å². The Morgan fingerprint density at radius 2 is 2.04 bits per heavy atom. The molecule has 4 rings (SSSR count). The molecular formula is C21H20N4O2S. The number of aromatic amines is 1. The molecule has 1 aromatic carbocycles. The van der Waals surface area contributed by atoms with Crippen molar-refractivity contribution >= 4 is 22.2 Å². The van der Waals surface area contributed by atoms with Gasteiger partial charge in [-0.15, -0.1) is 11.3 Å². The van der Waals surface area contributed by atoms with Crippen molar-refractivity contribution in [1.82, 2.24) is 19.7 Å². The van der Waals surface area contributed by atoms with E-state index < -0.39 is 0 Å². The van der Waals surface area contributed by atoms with Crippen molar-refractivity contribution in [3.05, 3.63) is 80.8 Å². The third-order valence-corrected chi connectivity index (χ3v) is 5.54. The number of carbonyl (C=O) groups excluding carboxylic acids is 1. The Balaban J connectivity index is 1.48.